The Bertz CT molecular complexity index is 626. The van der Waals surface area contributed by atoms with Crippen molar-refractivity contribution in [1.29, 1.82) is 0 Å². The van der Waals surface area contributed by atoms with Crippen LogP contribution in [-0.4, -0.2) is 14.1 Å². The SMILES string of the molecule is Cc1c([N+](=O)[O-])c(=O)n(CC(C)C)c(=O)n1CC(C)C. The fourth-order valence-electron chi connectivity index (χ4n) is 2.10. The summed E-state index contributed by atoms with van der Waals surface area (Å²) in [6.45, 7) is 9.50. The van der Waals surface area contributed by atoms with E-state index in [1.54, 1.807) is 0 Å². The van der Waals surface area contributed by atoms with Gasteiger partial charge in [-0.25, -0.2) is 4.79 Å². The van der Waals surface area contributed by atoms with Gasteiger partial charge in [0.05, 0.1) is 4.92 Å². The second-order valence-corrected chi connectivity index (χ2v) is 5.79. The maximum atomic E-state index is 12.4. The summed E-state index contributed by atoms with van der Waals surface area (Å²) in [6, 6.07) is 0. The Labute approximate surface area is 117 Å². The first-order chi connectivity index (χ1) is 9.16. The molecule has 112 valence electrons. The Kier molecular flexibility index (Phi) is 4.86. The standard InChI is InChI=1S/C13H21N3O4/c1-8(2)6-14-10(5)11(16(19)20)12(17)15(13(14)18)7-9(3)4/h8-9H,6-7H2,1-5H3. The van der Waals surface area contributed by atoms with E-state index in [4.69, 9.17) is 0 Å². The minimum Gasteiger partial charge on any atom is -0.291 e. The predicted octanol–water partition coefficient (Wildman–Crippen LogP) is 1.54. The first-order valence-electron chi connectivity index (χ1n) is 6.65. The van der Waals surface area contributed by atoms with E-state index in [1.165, 1.54) is 11.5 Å². The molecule has 1 aromatic heterocycles. The van der Waals surface area contributed by atoms with Gasteiger partial charge in [0.2, 0.25) is 0 Å². The third kappa shape index (κ3) is 3.15. The van der Waals surface area contributed by atoms with Crippen molar-refractivity contribution >= 4 is 5.69 Å². The molecule has 0 saturated carbocycles. The van der Waals surface area contributed by atoms with Crippen LogP contribution in [0, 0.1) is 28.9 Å². The molecular weight excluding hydrogens is 262 g/mol. The van der Waals surface area contributed by atoms with Crippen LogP contribution in [0.15, 0.2) is 9.59 Å². The van der Waals surface area contributed by atoms with E-state index >= 15 is 0 Å². The highest BCUT2D eigenvalue weighted by molar-refractivity contribution is 5.32. The lowest BCUT2D eigenvalue weighted by atomic mass is 10.2. The number of hydrogen-bond acceptors (Lipinski definition) is 4. The van der Waals surface area contributed by atoms with Gasteiger partial charge < -0.3 is 0 Å². The van der Waals surface area contributed by atoms with E-state index in [0.717, 1.165) is 4.57 Å². The van der Waals surface area contributed by atoms with Crippen LogP contribution in [0.25, 0.3) is 0 Å². The molecule has 1 aromatic rings. The van der Waals surface area contributed by atoms with Crippen LogP contribution in [0.3, 0.4) is 0 Å². The molecule has 0 unspecified atom stereocenters. The molecule has 0 amide bonds. The van der Waals surface area contributed by atoms with E-state index in [2.05, 4.69) is 0 Å². The molecule has 0 aliphatic rings. The van der Waals surface area contributed by atoms with Gasteiger partial charge in [0, 0.05) is 13.1 Å². The van der Waals surface area contributed by atoms with Crippen LogP contribution in [0.1, 0.15) is 33.4 Å². The molecule has 1 rings (SSSR count). The Hall–Kier alpha value is -1.92. The molecule has 0 radical (unpaired) electrons. The van der Waals surface area contributed by atoms with Gasteiger partial charge in [0.25, 0.3) is 0 Å². The summed E-state index contributed by atoms with van der Waals surface area (Å²) in [6.07, 6.45) is 0. The highest BCUT2D eigenvalue weighted by Crippen LogP contribution is 2.12. The first-order valence-corrected chi connectivity index (χ1v) is 6.65. The molecule has 0 aliphatic heterocycles. The minimum atomic E-state index is -0.814. The van der Waals surface area contributed by atoms with E-state index in [0.29, 0.717) is 6.54 Å². The van der Waals surface area contributed by atoms with Gasteiger partial charge in [-0.05, 0) is 18.8 Å². The normalized spacial score (nSPS) is 11.3. The summed E-state index contributed by atoms with van der Waals surface area (Å²) < 4.78 is 2.30. The van der Waals surface area contributed by atoms with Crippen LogP contribution in [0.4, 0.5) is 5.69 Å². The Morgan fingerprint density at radius 3 is 1.90 bits per heavy atom. The van der Waals surface area contributed by atoms with Crippen LogP contribution in [0.5, 0.6) is 0 Å². The van der Waals surface area contributed by atoms with Gasteiger partial charge >= 0.3 is 16.9 Å². The third-order valence-electron chi connectivity index (χ3n) is 2.94. The van der Waals surface area contributed by atoms with Crippen molar-refractivity contribution in [2.24, 2.45) is 11.8 Å². The lowest BCUT2D eigenvalue weighted by Gasteiger charge is -2.16. The van der Waals surface area contributed by atoms with Crippen LogP contribution in [0.2, 0.25) is 0 Å². The fraction of sp³-hybridized carbons (Fsp3) is 0.692. The molecule has 0 spiro atoms. The third-order valence-corrected chi connectivity index (χ3v) is 2.94. The topological polar surface area (TPSA) is 87.1 Å². The smallest absolute Gasteiger partial charge is 0.291 e. The molecule has 0 atom stereocenters. The lowest BCUT2D eigenvalue weighted by molar-refractivity contribution is -0.387. The summed E-state index contributed by atoms with van der Waals surface area (Å²) in [5.41, 5.74) is -1.67. The summed E-state index contributed by atoms with van der Waals surface area (Å²) in [7, 11) is 0. The summed E-state index contributed by atoms with van der Waals surface area (Å²) >= 11 is 0. The van der Waals surface area contributed by atoms with Gasteiger partial charge in [-0.2, -0.15) is 0 Å². The lowest BCUT2D eigenvalue weighted by Crippen LogP contribution is -2.43. The van der Waals surface area contributed by atoms with E-state index < -0.39 is 21.9 Å². The van der Waals surface area contributed by atoms with Crippen LogP contribution < -0.4 is 11.2 Å². The number of rotatable bonds is 5. The summed E-state index contributed by atoms with van der Waals surface area (Å²) in [4.78, 5) is 34.9. The van der Waals surface area contributed by atoms with Gasteiger partial charge in [-0.3, -0.25) is 24.0 Å². The number of nitrogens with zero attached hydrogens (tertiary/aromatic N) is 3. The van der Waals surface area contributed by atoms with Crippen molar-refractivity contribution in [1.82, 2.24) is 9.13 Å². The zero-order valence-corrected chi connectivity index (χ0v) is 12.5. The minimum absolute atomic E-state index is 0.0511. The molecule has 7 heteroatoms. The molecule has 7 nitrogen and oxygen atoms in total. The first kappa shape index (κ1) is 16.1. The van der Waals surface area contributed by atoms with E-state index in [9.17, 15) is 19.7 Å². The Morgan fingerprint density at radius 1 is 1.05 bits per heavy atom. The number of nitro groups is 1. The van der Waals surface area contributed by atoms with E-state index in [1.807, 2.05) is 27.7 Å². The predicted molar refractivity (Wildman–Crippen MR) is 76.0 cm³/mol. The van der Waals surface area contributed by atoms with E-state index in [-0.39, 0.29) is 24.1 Å². The summed E-state index contributed by atoms with van der Waals surface area (Å²) in [5.74, 6) is 0.200. The second-order valence-electron chi connectivity index (χ2n) is 5.79. The molecular formula is C13H21N3O4. The molecule has 0 fully saturated rings. The van der Waals surface area contributed by atoms with Crippen molar-refractivity contribution in [2.75, 3.05) is 0 Å². The van der Waals surface area contributed by atoms with Crippen molar-refractivity contribution < 1.29 is 4.92 Å². The van der Waals surface area contributed by atoms with Gasteiger partial charge in [-0.1, -0.05) is 27.7 Å². The molecule has 0 saturated heterocycles. The highest BCUT2D eigenvalue weighted by atomic mass is 16.6. The van der Waals surface area contributed by atoms with Crippen molar-refractivity contribution in [3.05, 3.63) is 36.6 Å². The monoisotopic (exact) mass is 283 g/mol. The Balaban J connectivity index is 3.69. The summed E-state index contributed by atoms with van der Waals surface area (Å²) in [5, 5.41) is 11.1. The van der Waals surface area contributed by atoms with Crippen LogP contribution in [-0.2, 0) is 13.1 Å². The molecule has 0 bridgehead atoms. The average Bonchev–Trinajstić information content (AvgIpc) is 2.29. The number of aromatic nitrogens is 2. The zero-order valence-electron chi connectivity index (χ0n) is 12.5. The molecule has 0 aliphatic carbocycles. The Morgan fingerprint density at radius 2 is 1.50 bits per heavy atom. The maximum Gasteiger partial charge on any atom is 0.353 e. The highest BCUT2D eigenvalue weighted by Gasteiger charge is 2.25. The van der Waals surface area contributed by atoms with Crippen LogP contribution >= 0.6 is 0 Å². The van der Waals surface area contributed by atoms with Crippen molar-refractivity contribution in [3.63, 3.8) is 0 Å². The molecule has 0 aromatic carbocycles. The second kappa shape index (κ2) is 6.02. The molecule has 1 heterocycles. The maximum absolute atomic E-state index is 12.4. The van der Waals surface area contributed by atoms with Crippen molar-refractivity contribution in [3.8, 4) is 0 Å². The molecule has 0 N–H and O–H groups in total. The average molecular weight is 283 g/mol. The van der Waals surface area contributed by atoms with Crippen molar-refractivity contribution in [2.45, 2.75) is 47.7 Å². The largest absolute Gasteiger partial charge is 0.353 e. The van der Waals surface area contributed by atoms with Gasteiger partial charge in [0.1, 0.15) is 5.69 Å². The fourth-order valence-corrected chi connectivity index (χ4v) is 2.10. The zero-order chi connectivity index (χ0) is 15.6. The number of hydrogen-bond donors (Lipinski definition) is 0. The quantitative estimate of drug-likeness (QED) is 0.605. The molecule has 20 heavy (non-hydrogen) atoms. The van der Waals surface area contributed by atoms with Gasteiger partial charge in [-0.15, -0.1) is 0 Å². The van der Waals surface area contributed by atoms with Gasteiger partial charge in [0.15, 0.2) is 0 Å².